The molecule has 0 bridgehead atoms. The Morgan fingerprint density at radius 3 is 2.24 bits per heavy atom. The summed E-state index contributed by atoms with van der Waals surface area (Å²) in [5.74, 6) is -1.60. The Hall–Kier alpha value is -3.75. The summed E-state index contributed by atoms with van der Waals surface area (Å²) in [5, 5.41) is 23.2. The number of nitrogens with two attached hydrogens (primary N) is 1. The molecule has 3 aromatic rings. The normalized spacial score (nSPS) is 14.1. The van der Waals surface area contributed by atoms with Gasteiger partial charge in [-0.2, -0.15) is 0 Å². The third-order valence-corrected chi connectivity index (χ3v) is 6.02. The van der Waals surface area contributed by atoms with Crippen molar-refractivity contribution in [3.8, 4) is 11.1 Å². The van der Waals surface area contributed by atoms with E-state index in [1.54, 1.807) is 0 Å². The number of benzene rings is 3. The Kier molecular flexibility index (Phi) is 6.90. The van der Waals surface area contributed by atoms with E-state index in [2.05, 4.69) is 5.32 Å². The van der Waals surface area contributed by atoms with Crippen LogP contribution in [0.4, 0.5) is 9.18 Å². The monoisotopic (exact) mass is 464 g/mol. The van der Waals surface area contributed by atoms with Gasteiger partial charge in [-0.1, -0.05) is 48.5 Å². The first kappa shape index (κ1) is 23.4. The van der Waals surface area contributed by atoms with Crippen molar-refractivity contribution in [3.63, 3.8) is 0 Å². The number of aliphatic hydroxyl groups is 2. The molecule has 7 nitrogen and oxygen atoms in total. The highest BCUT2D eigenvalue weighted by Crippen LogP contribution is 2.44. The number of rotatable bonds is 8. The van der Waals surface area contributed by atoms with Crippen LogP contribution in [0.25, 0.3) is 11.1 Å². The number of aliphatic hydroxyl groups excluding tert-OH is 2. The average molecular weight is 464 g/mol. The molecule has 8 heteroatoms. The van der Waals surface area contributed by atoms with Crippen LogP contribution in [-0.2, 0) is 4.74 Å². The highest BCUT2D eigenvalue weighted by atomic mass is 19.1. The molecule has 1 aliphatic carbocycles. The Morgan fingerprint density at radius 2 is 1.62 bits per heavy atom. The molecule has 0 aromatic heterocycles. The molecule has 4 rings (SSSR count). The second-order valence-electron chi connectivity index (χ2n) is 8.15. The largest absolute Gasteiger partial charge is 0.449 e. The topological polar surface area (TPSA) is 122 Å². The minimum absolute atomic E-state index is 0.00385. The zero-order valence-electron chi connectivity index (χ0n) is 18.3. The van der Waals surface area contributed by atoms with Crippen LogP contribution in [0.2, 0.25) is 0 Å². The third kappa shape index (κ3) is 4.78. The van der Waals surface area contributed by atoms with Crippen LogP contribution >= 0.6 is 0 Å². The van der Waals surface area contributed by atoms with Crippen molar-refractivity contribution in [2.24, 2.45) is 5.73 Å². The van der Waals surface area contributed by atoms with Crippen molar-refractivity contribution < 1.29 is 28.9 Å². The Morgan fingerprint density at radius 1 is 1.00 bits per heavy atom. The maximum Gasteiger partial charge on any atom is 0.407 e. The molecule has 5 N–H and O–H groups in total. The molecule has 1 aliphatic rings. The van der Waals surface area contributed by atoms with Crippen LogP contribution < -0.4 is 11.1 Å². The van der Waals surface area contributed by atoms with Gasteiger partial charge in [0.2, 0.25) is 5.91 Å². The van der Waals surface area contributed by atoms with E-state index in [-0.39, 0.29) is 36.6 Å². The van der Waals surface area contributed by atoms with E-state index in [0.717, 1.165) is 40.5 Å². The maximum atomic E-state index is 13.6. The van der Waals surface area contributed by atoms with E-state index in [4.69, 9.17) is 10.5 Å². The number of amides is 2. The number of alkyl carbamates (subject to hydrolysis) is 1. The number of nitrogens with one attached hydrogen (secondary N) is 1. The standard InChI is InChI=1S/C26H25FN2O5/c27-15-9-10-20(25(28)32)21(13-15)24(31)23(30)11-12-29-26(33)34-14-22-18-7-3-1-5-16(18)17-6-2-4-8-19(17)22/h1-10,13,22-24,30-31H,11-12,14H2,(H2,28,32)(H,29,33). The molecular formula is C26H25FN2O5. The van der Waals surface area contributed by atoms with E-state index in [0.29, 0.717) is 0 Å². The van der Waals surface area contributed by atoms with Gasteiger partial charge < -0.3 is 26.0 Å². The average Bonchev–Trinajstić information content (AvgIpc) is 3.15. The molecule has 176 valence electrons. The Bertz CT molecular complexity index is 1170. The highest BCUT2D eigenvalue weighted by molar-refractivity contribution is 5.94. The van der Waals surface area contributed by atoms with Crippen molar-refractivity contribution in [1.82, 2.24) is 5.32 Å². The first-order chi connectivity index (χ1) is 16.4. The number of hydrogen-bond acceptors (Lipinski definition) is 5. The van der Waals surface area contributed by atoms with E-state index >= 15 is 0 Å². The second-order valence-corrected chi connectivity index (χ2v) is 8.15. The molecule has 0 radical (unpaired) electrons. The summed E-state index contributed by atoms with van der Waals surface area (Å²) < 4.78 is 19.0. The van der Waals surface area contributed by atoms with Gasteiger partial charge in [0.05, 0.1) is 6.10 Å². The number of carbonyl (C=O) groups is 2. The highest BCUT2D eigenvalue weighted by Gasteiger charge is 2.29. The van der Waals surface area contributed by atoms with Crippen LogP contribution in [0.5, 0.6) is 0 Å². The first-order valence-corrected chi connectivity index (χ1v) is 10.9. The van der Waals surface area contributed by atoms with Gasteiger partial charge in [0.25, 0.3) is 0 Å². The zero-order valence-corrected chi connectivity index (χ0v) is 18.3. The number of fused-ring (bicyclic) bond motifs is 3. The maximum absolute atomic E-state index is 13.6. The van der Waals surface area contributed by atoms with E-state index in [1.807, 2.05) is 48.5 Å². The van der Waals surface area contributed by atoms with Gasteiger partial charge in [-0.05, 0) is 52.4 Å². The van der Waals surface area contributed by atoms with Crippen molar-refractivity contribution in [2.75, 3.05) is 13.2 Å². The predicted octanol–water partition coefficient (Wildman–Crippen LogP) is 3.25. The quantitative estimate of drug-likeness (QED) is 0.408. The van der Waals surface area contributed by atoms with E-state index < -0.39 is 30.0 Å². The van der Waals surface area contributed by atoms with Gasteiger partial charge in [0.15, 0.2) is 0 Å². The summed E-state index contributed by atoms with van der Waals surface area (Å²) in [7, 11) is 0. The van der Waals surface area contributed by atoms with Crippen LogP contribution in [-0.4, -0.2) is 41.5 Å². The summed E-state index contributed by atoms with van der Waals surface area (Å²) in [6, 6.07) is 19.1. The van der Waals surface area contributed by atoms with Gasteiger partial charge in [-0.25, -0.2) is 9.18 Å². The van der Waals surface area contributed by atoms with Crippen molar-refractivity contribution in [2.45, 2.75) is 24.5 Å². The van der Waals surface area contributed by atoms with Crippen molar-refractivity contribution in [3.05, 3.63) is 94.8 Å². The first-order valence-electron chi connectivity index (χ1n) is 10.9. The lowest BCUT2D eigenvalue weighted by molar-refractivity contribution is 0.0131. The lowest BCUT2D eigenvalue weighted by Gasteiger charge is -2.20. The molecular weight excluding hydrogens is 439 g/mol. The molecule has 2 amide bonds. The lowest BCUT2D eigenvalue weighted by atomic mass is 9.96. The number of hydrogen-bond donors (Lipinski definition) is 4. The second kappa shape index (κ2) is 10.0. The van der Waals surface area contributed by atoms with Crippen LogP contribution in [0.15, 0.2) is 66.7 Å². The lowest BCUT2D eigenvalue weighted by Crippen LogP contribution is -2.31. The zero-order chi connectivity index (χ0) is 24.2. The minimum Gasteiger partial charge on any atom is -0.449 e. The van der Waals surface area contributed by atoms with Gasteiger partial charge in [0, 0.05) is 18.0 Å². The van der Waals surface area contributed by atoms with E-state index in [9.17, 15) is 24.2 Å². The smallest absolute Gasteiger partial charge is 0.407 e. The fraction of sp³-hybridized carbons (Fsp3) is 0.231. The fourth-order valence-corrected chi connectivity index (χ4v) is 4.34. The number of carbonyl (C=O) groups excluding carboxylic acids is 2. The molecule has 3 aromatic carbocycles. The van der Waals surface area contributed by atoms with Gasteiger partial charge in [0.1, 0.15) is 18.5 Å². The van der Waals surface area contributed by atoms with Crippen LogP contribution in [0, 0.1) is 5.82 Å². The van der Waals surface area contributed by atoms with E-state index in [1.165, 1.54) is 0 Å². The van der Waals surface area contributed by atoms with Gasteiger partial charge in [-0.3, -0.25) is 4.79 Å². The predicted molar refractivity (Wildman–Crippen MR) is 124 cm³/mol. The van der Waals surface area contributed by atoms with Crippen LogP contribution in [0.1, 0.15) is 45.5 Å². The van der Waals surface area contributed by atoms with Crippen LogP contribution in [0.3, 0.4) is 0 Å². The fourth-order valence-electron chi connectivity index (χ4n) is 4.34. The number of primary amides is 1. The molecule has 2 unspecified atom stereocenters. The number of ether oxygens (including phenoxy) is 1. The third-order valence-electron chi connectivity index (χ3n) is 6.02. The molecule has 0 saturated carbocycles. The molecule has 0 heterocycles. The molecule has 0 aliphatic heterocycles. The van der Waals surface area contributed by atoms with Crippen molar-refractivity contribution >= 4 is 12.0 Å². The minimum atomic E-state index is -1.55. The summed E-state index contributed by atoms with van der Waals surface area (Å²) in [4.78, 5) is 23.8. The Labute approximate surface area is 196 Å². The molecule has 0 spiro atoms. The molecule has 2 atom stereocenters. The molecule has 0 saturated heterocycles. The summed E-state index contributed by atoms with van der Waals surface area (Å²) >= 11 is 0. The summed E-state index contributed by atoms with van der Waals surface area (Å²) in [6.07, 6.45) is -3.64. The Balaban J connectivity index is 1.31. The van der Waals surface area contributed by atoms with Gasteiger partial charge >= 0.3 is 6.09 Å². The van der Waals surface area contributed by atoms with Crippen molar-refractivity contribution in [1.29, 1.82) is 0 Å². The molecule has 0 fully saturated rings. The number of halogens is 1. The van der Waals surface area contributed by atoms with Gasteiger partial charge in [-0.15, -0.1) is 0 Å². The SMILES string of the molecule is NC(=O)c1ccc(F)cc1C(O)C(O)CCNC(=O)OCC1c2ccccc2-c2ccccc21. The molecule has 34 heavy (non-hydrogen) atoms. The summed E-state index contributed by atoms with van der Waals surface area (Å²) in [6.45, 7) is 0.145. The summed E-state index contributed by atoms with van der Waals surface area (Å²) in [5.41, 5.74) is 9.49.